The summed E-state index contributed by atoms with van der Waals surface area (Å²) in [7, 11) is 0. The van der Waals surface area contributed by atoms with Crippen LogP contribution in [0.2, 0.25) is 0 Å². The van der Waals surface area contributed by atoms with Crippen LogP contribution in [0.25, 0.3) is 10.8 Å². The van der Waals surface area contributed by atoms with Crippen LogP contribution in [-0.4, -0.2) is 0 Å². The zero-order chi connectivity index (χ0) is 22.7. The van der Waals surface area contributed by atoms with Gasteiger partial charge in [-0.3, -0.25) is 0 Å². The number of fused-ring (bicyclic) bond motifs is 1. The van der Waals surface area contributed by atoms with Gasteiger partial charge in [-0.2, -0.15) is 0 Å². The SMILES string of the molecule is CCc1ccc(C#Cc2ccc(C#Cc3ccc4c(F)c(F)ccc4c3)c(F)c2)c(F)c1. The molecule has 0 saturated heterocycles. The first-order valence-corrected chi connectivity index (χ1v) is 9.94. The van der Waals surface area contributed by atoms with Crippen molar-refractivity contribution in [1.29, 1.82) is 0 Å². The largest absolute Gasteiger partial charge is 0.206 e. The minimum absolute atomic E-state index is 0.158. The maximum atomic E-state index is 14.5. The lowest BCUT2D eigenvalue weighted by Gasteiger charge is -2.01. The molecule has 0 heterocycles. The molecule has 4 aromatic rings. The van der Waals surface area contributed by atoms with Gasteiger partial charge in [-0.25, -0.2) is 17.6 Å². The molecule has 0 aliphatic rings. The molecule has 0 N–H and O–H groups in total. The Bertz CT molecular complexity index is 1460. The van der Waals surface area contributed by atoms with Crippen molar-refractivity contribution in [1.82, 2.24) is 0 Å². The summed E-state index contributed by atoms with van der Waals surface area (Å²) in [6, 6.07) is 16.3. The van der Waals surface area contributed by atoms with Gasteiger partial charge in [0.1, 0.15) is 11.6 Å². The van der Waals surface area contributed by atoms with E-state index in [1.54, 1.807) is 24.3 Å². The lowest BCUT2D eigenvalue weighted by molar-refractivity contribution is 0.517. The van der Waals surface area contributed by atoms with Crippen LogP contribution in [-0.2, 0) is 6.42 Å². The summed E-state index contributed by atoms with van der Waals surface area (Å²) in [4.78, 5) is 0. The third-order valence-corrected chi connectivity index (χ3v) is 5.00. The Morgan fingerprint density at radius 2 is 1.22 bits per heavy atom. The maximum absolute atomic E-state index is 14.5. The highest BCUT2D eigenvalue weighted by Crippen LogP contribution is 2.21. The van der Waals surface area contributed by atoms with E-state index in [1.165, 1.54) is 30.3 Å². The quantitative estimate of drug-likeness (QED) is 0.232. The average molecular weight is 428 g/mol. The Morgan fingerprint density at radius 1 is 0.594 bits per heavy atom. The van der Waals surface area contributed by atoms with Crippen LogP contribution in [0.1, 0.15) is 34.7 Å². The molecular formula is C28H16F4. The van der Waals surface area contributed by atoms with Gasteiger partial charge >= 0.3 is 0 Å². The Labute approximate surface area is 183 Å². The molecule has 0 amide bonds. The van der Waals surface area contributed by atoms with Gasteiger partial charge in [-0.1, -0.05) is 48.8 Å². The van der Waals surface area contributed by atoms with E-state index in [0.29, 0.717) is 16.5 Å². The van der Waals surface area contributed by atoms with Crippen LogP contribution >= 0.6 is 0 Å². The standard InChI is InChI=1S/C28H16F4/c1-2-18-3-8-21(26(30)16-18)10-5-20-6-11-22(27(31)17-20)9-4-19-7-13-24-23(15-19)12-14-25(29)28(24)32/h3,6-8,11-17H,2H2,1H3. The lowest BCUT2D eigenvalue weighted by Crippen LogP contribution is -1.89. The highest BCUT2D eigenvalue weighted by molar-refractivity contribution is 5.84. The van der Waals surface area contributed by atoms with E-state index in [0.717, 1.165) is 18.1 Å². The summed E-state index contributed by atoms with van der Waals surface area (Å²) in [5, 5.41) is 0.659. The van der Waals surface area contributed by atoms with Crippen LogP contribution in [0.5, 0.6) is 0 Å². The molecule has 0 saturated carbocycles. The van der Waals surface area contributed by atoms with Gasteiger partial charge in [0.15, 0.2) is 11.6 Å². The van der Waals surface area contributed by atoms with Gasteiger partial charge in [-0.05, 0) is 65.9 Å². The van der Waals surface area contributed by atoms with Crippen molar-refractivity contribution in [2.75, 3.05) is 0 Å². The van der Waals surface area contributed by atoms with Gasteiger partial charge in [0.2, 0.25) is 0 Å². The van der Waals surface area contributed by atoms with E-state index in [-0.39, 0.29) is 16.5 Å². The molecule has 0 bridgehead atoms. The van der Waals surface area contributed by atoms with E-state index in [4.69, 9.17) is 0 Å². The monoisotopic (exact) mass is 428 g/mol. The first-order valence-electron chi connectivity index (χ1n) is 9.94. The van der Waals surface area contributed by atoms with Crippen LogP contribution in [0, 0.1) is 47.0 Å². The second kappa shape index (κ2) is 9.00. The van der Waals surface area contributed by atoms with Crippen molar-refractivity contribution in [3.8, 4) is 23.7 Å². The molecular weight excluding hydrogens is 412 g/mol. The smallest absolute Gasteiger partial charge is 0.166 e. The number of rotatable bonds is 1. The van der Waals surface area contributed by atoms with Gasteiger partial charge in [0, 0.05) is 16.5 Å². The zero-order valence-corrected chi connectivity index (χ0v) is 17.1. The van der Waals surface area contributed by atoms with Crippen LogP contribution < -0.4 is 0 Å². The zero-order valence-electron chi connectivity index (χ0n) is 17.1. The average Bonchev–Trinajstić information content (AvgIpc) is 2.80. The van der Waals surface area contributed by atoms with E-state index < -0.39 is 23.3 Å². The number of halogens is 4. The summed E-state index contributed by atoms with van der Waals surface area (Å²) >= 11 is 0. The van der Waals surface area contributed by atoms with E-state index in [2.05, 4.69) is 23.7 Å². The first kappa shape index (κ1) is 21.2. The summed E-state index contributed by atoms with van der Waals surface area (Å²) in [5.74, 6) is 8.28. The Balaban J connectivity index is 1.57. The minimum Gasteiger partial charge on any atom is -0.206 e. The number of hydrogen-bond acceptors (Lipinski definition) is 0. The summed E-state index contributed by atoms with van der Waals surface area (Å²) < 4.78 is 55.7. The Morgan fingerprint density at radius 3 is 1.88 bits per heavy atom. The molecule has 0 spiro atoms. The lowest BCUT2D eigenvalue weighted by atomic mass is 10.1. The number of benzene rings is 4. The Kier molecular flexibility index (Phi) is 5.97. The summed E-state index contributed by atoms with van der Waals surface area (Å²) in [6.07, 6.45) is 0.729. The number of aryl methyl sites for hydroxylation is 1. The van der Waals surface area contributed by atoms with E-state index in [9.17, 15) is 17.6 Å². The molecule has 0 atom stereocenters. The summed E-state index contributed by atoms with van der Waals surface area (Å²) in [5.41, 5.74) is 2.23. The molecule has 4 aromatic carbocycles. The highest BCUT2D eigenvalue weighted by Gasteiger charge is 2.07. The van der Waals surface area contributed by atoms with Gasteiger partial charge in [-0.15, -0.1) is 0 Å². The molecule has 156 valence electrons. The van der Waals surface area contributed by atoms with Crippen LogP contribution in [0.15, 0.2) is 66.7 Å². The fraction of sp³-hybridized carbons (Fsp3) is 0.0714. The predicted octanol–water partition coefficient (Wildman–Crippen LogP) is 6.76. The fourth-order valence-corrected chi connectivity index (χ4v) is 3.20. The maximum Gasteiger partial charge on any atom is 0.166 e. The molecule has 0 aliphatic heterocycles. The van der Waals surface area contributed by atoms with Crippen molar-refractivity contribution >= 4 is 10.8 Å². The van der Waals surface area contributed by atoms with Crippen molar-refractivity contribution in [3.63, 3.8) is 0 Å². The van der Waals surface area contributed by atoms with Crippen molar-refractivity contribution < 1.29 is 17.6 Å². The van der Waals surface area contributed by atoms with Gasteiger partial charge in [0.25, 0.3) is 0 Å². The molecule has 32 heavy (non-hydrogen) atoms. The first-order chi connectivity index (χ1) is 15.4. The molecule has 0 aromatic heterocycles. The fourth-order valence-electron chi connectivity index (χ4n) is 3.20. The molecule has 0 aliphatic carbocycles. The Hall–Kier alpha value is -4.02. The van der Waals surface area contributed by atoms with Crippen LogP contribution in [0.4, 0.5) is 17.6 Å². The number of hydrogen-bond donors (Lipinski definition) is 0. The molecule has 4 rings (SSSR count). The topological polar surface area (TPSA) is 0 Å². The molecule has 0 unspecified atom stereocenters. The minimum atomic E-state index is -0.915. The van der Waals surface area contributed by atoms with E-state index in [1.807, 2.05) is 13.0 Å². The second-order valence-corrected chi connectivity index (χ2v) is 7.16. The highest BCUT2D eigenvalue weighted by atomic mass is 19.2. The van der Waals surface area contributed by atoms with E-state index >= 15 is 0 Å². The predicted molar refractivity (Wildman–Crippen MR) is 118 cm³/mol. The third-order valence-electron chi connectivity index (χ3n) is 5.00. The second-order valence-electron chi connectivity index (χ2n) is 7.16. The molecule has 4 heteroatoms. The normalized spacial score (nSPS) is 10.3. The third kappa shape index (κ3) is 4.51. The van der Waals surface area contributed by atoms with Crippen molar-refractivity contribution in [3.05, 3.63) is 118 Å². The van der Waals surface area contributed by atoms with Gasteiger partial charge < -0.3 is 0 Å². The van der Waals surface area contributed by atoms with Crippen molar-refractivity contribution in [2.24, 2.45) is 0 Å². The molecule has 0 radical (unpaired) electrons. The summed E-state index contributed by atoms with van der Waals surface area (Å²) in [6.45, 7) is 1.94. The van der Waals surface area contributed by atoms with Crippen LogP contribution in [0.3, 0.4) is 0 Å². The molecule has 0 nitrogen and oxygen atoms in total. The van der Waals surface area contributed by atoms with Crippen molar-refractivity contribution in [2.45, 2.75) is 13.3 Å². The van der Waals surface area contributed by atoms with Gasteiger partial charge in [0.05, 0.1) is 11.1 Å². The molecule has 0 fully saturated rings.